The molecule has 11 heavy (non-hydrogen) atoms. The van der Waals surface area contributed by atoms with E-state index < -0.39 is 0 Å². The van der Waals surface area contributed by atoms with Crippen molar-refractivity contribution in [2.45, 2.75) is 18.9 Å². The molecule has 1 atom stereocenters. The maximum absolute atomic E-state index is 9.23. The second kappa shape index (κ2) is 4.70. The maximum atomic E-state index is 9.23. The number of hydrogen-bond acceptors (Lipinski definition) is 3. The first kappa shape index (κ1) is 8.97. The molecule has 1 fully saturated rings. The molecule has 0 saturated carbocycles. The molecule has 1 rings (SSSR count). The van der Waals surface area contributed by atoms with Crippen molar-refractivity contribution < 1.29 is 5.11 Å². The third kappa shape index (κ3) is 3.18. The van der Waals surface area contributed by atoms with Crippen molar-refractivity contribution in [1.29, 1.82) is 0 Å². The predicted molar refractivity (Wildman–Crippen MR) is 45.0 cm³/mol. The van der Waals surface area contributed by atoms with Gasteiger partial charge in [0, 0.05) is 13.1 Å². The number of rotatable bonds is 3. The highest BCUT2D eigenvalue weighted by Gasteiger charge is 2.12. The monoisotopic (exact) mass is 157 g/mol. The van der Waals surface area contributed by atoms with E-state index in [0.717, 1.165) is 32.5 Å². The van der Waals surface area contributed by atoms with Crippen LogP contribution in [0.1, 0.15) is 12.8 Å². The summed E-state index contributed by atoms with van der Waals surface area (Å²) in [6, 6.07) is 0. The van der Waals surface area contributed by atoms with Gasteiger partial charge in [-0.15, -0.1) is 0 Å². The van der Waals surface area contributed by atoms with Gasteiger partial charge >= 0.3 is 0 Å². The highest BCUT2D eigenvalue weighted by molar-refractivity contribution is 4.77. The second-order valence-corrected chi connectivity index (χ2v) is 3.06. The minimum atomic E-state index is -0.340. The van der Waals surface area contributed by atoms with Crippen LogP contribution >= 0.6 is 0 Å². The second-order valence-electron chi connectivity index (χ2n) is 3.06. The van der Waals surface area contributed by atoms with Gasteiger partial charge in [0.05, 0.1) is 6.10 Å². The van der Waals surface area contributed by atoms with Gasteiger partial charge in [-0.1, -0.05) is 0 Å². The number of hydrogen-bond donors (Lipinski definition) is 2. The molecule has 1 radical (unpaired) electrons. The van der Waals surface area contributed by atoms with Crippen molar-refractivity contribution in [3.8, 4) is 0 Å². The molecule has 3 heteroatoms. The van der Waals surface area contributed by atoms with Crippen LogP contribution in [0.15, 0.2) is 0 Å². The van der Waals surface area contributed by atoms with Gasteiger partial charge in [-0.05, 0) is 32.4 Å². The average molecular weight is 157 g/mol. The number of nitrogens with zero attached hydrogens (tertiary/aromatic N) is 1. The summed E-state index contributed by atoms with van der Waals surface area (Å²) < 4.78 is 0. The Bertz CT molecular complexity index is 102. The number of piperidine rings is 1. The van der Waals surface area contributed by atoms with Crippen LogP contribution in [0.5, 0.6) is 0 Å². The largest absolute Gasteiger partial charge is 0.390 e. The van der Waals surface area contributed by atoms with Crippen molar-refractivity contribution in [3.05, 3.63) is 6.42 Å². The zero-order chi connectivity index (χ0) is 8.10. The normalized spacial score (nSPS) is 23.5. The summed E-state index contributed by atoms with van der Waals surface area (Å²) in [6.07, 6.45) is 4.26. The molecule has 3 nitrogen and oxygen atoms in total. The Kier molecular flexibility index (Phi) is 3.83. The molecule has 1 saturated heterocycles. The average Bonchev–Trinajstić information content (AvgIpc) is 2.06. The van der Waals surface area contributed by atoms with Gasteiger partial charge in [-0.3, -0.25) is 0 Å². The lowest BCUT2D eigenvalue weighted by molar-refractivity contribution is 0.113. The van der Waals surface area contributed by atoms with Gasteiger partial charge in [-0.25, -0.2) is 0 Å². The Hall–Kier alpha value is -0.120. The summed E-state index contributed by atoms with van der Waals surface area (Å²) in [5.74, 6) is 0. The van der Waals surface area contributed by atoms with E-state index in [9.17, 15) is 5.11 Å². The van der Waals surface area contributed by atoms with Crippen LogP contribution in [0, 0.1) is 6.42 Å². The van der Waals surface area contributed by atoms with Crippen LogP contribution in [-0.4, -0.2) is 42.3 Å². The molecule has 1 unspecified atom stereocenters. The fraction of sp³-hybridized carbons (Fsp3) is 0.875. The van der Waals surface area contributed by atoms with E-state index in [1.54, 1.807) is 0 Å². The summed E-state index contributed by atoms with van der Waals surface area (Å²) in [6.45, 7) is 3.28. The van der Waals surface area contributed by atoms with Crippen molar-refractivity contribution in [2.24, 2.45) is 5.73 Å². The molecule has 0 aromatic carbocycles. The number of nitrogens with two attached hydrogens (primary N) is 1. The fourth-order valence-corrected chi connectivity index (χ4v) is 1.36. The topological polar surface area (TPSA) is 49.5 Å². The Morgan fingerprint density at radius 1 is 1.45 bits per heavy atom. The fourth-order valence-electron chi connectivity index (χ4n) is 1.36. The van der Waals surface area contributed by atoms with E-state index in [1.165, 1.54) is 0 Å². The Labute approximate surface area is 68.2 Å². The van der Waals surface area contributed by atoms with Crippen LogP contribution in [-0.2, 0) is 0 Å². The van der Waals surface area contributed by atoms with Crippen molar-refractivity contribution in [3.63, 3.8) is 0 Å². The molecule has 1 aliphatic heterocycles. The van der Waals surface area contributed by atoms with Crippen molar-refractivity contribution >= 4 is 0 Å². The Morgan fingerprint density at radius 2 is 2.09 bits per heavy atom. The molecule has 65 valence electrons. The first-order valence-corrected chi connectivity index (χ1v) is 4.25. The van der Waals surface area contributed by atoms with Gasteiger partial charge in [0.2, 0.25) is 0 Å². The van der Waals surface area contributed by atoms with E-state index in [0.29, 0.717) is 6.54 Å². The van der Waals surface area contributed by atoms with Crippen LogP contribution in [0.2, 0.25) is 0 Å². The number of β-amino-alcohol motifs (C(OH)–C–C–N with tert-alkyl or cyclic N) is 1. The SMILES string of the molecule is NCC(O)CN1CC[CH]CC1. The lowest BCUT2D eigenvalue weighted by atomic mass is 10.1. The molecule has 0 aliphatic carbocycles. The van der Waals surface area contributed by atoms with Crippen LogP contribution in [0.3, 0.4) is 0 Å². The van der Waals surface area contributed by atoms with Crippen LogP contribution < -0.4 is 5.73 Å². The zero-order valence-corrected chi connectivity index (χ0v) is 6.87. The van der Waals surface area contributed by atoms with Gasteiger partial charge in [-0.2, -0.15) is 0 Å². The molecule has 0 aromatic heterocycles. The first-order valence-electron chi connectivity index (χ1n) is 4.25. The van der Waals surface area contributed by atoms with Gasteiger partial charge in [0.25, 0.3) is 0 Å². The predicted octanol–water partition coefficient (Wildman–Crippen LogP) is -0.394. The lowest BCUT2D eigenvalue weighted by Crippen LogP contribution is -2.39. The molecule has 0 amide bonds. The van der Waals surface area contributed by atoms with Crippen molar-refractivity contribution in [1.82, 2.24) is 4.90 Å². The van der Waals surface area contributed by atoms with Gasteiger partial charge in [0.1, 0.15) is 0 Å². The molecule has 1 heterocycles. The summed E-state index contributed by atoms with van der Waals surface area (Å²) in [4.78, 5) is 2.26. The lowest BCUT2D eigenvalue weighted by Gasteiger charge is -2.27. The van der Waals surface area contributed by atoms with Gasteiger partial charge in [0.15, 0.2) is 0 Å². The van der Waals surface area contributed by atoms with E-state index in [1.807, 2.05) is 0 Å². The van der Waals surface area contributed by atoms with Gasteiger partial charge < -0.3 is 15.7 Å². The van der Waals surface area contributed by atoms with E-state index in [4.69, 9.17) is 5.73 Å². The molecule has 0 spiro atoms. The molecule has 3 N–H and O–H groups in total. The quantitative estimate of drug-likeness (QED) is 0.586. The Balaban J connectivity index is 2.13. The van der Waals surface area contributed by atoms with E-state index in [-0.39, 0.29) is 6.10 Å². The summed E-state index contributed by atoms with van der Waals surface area (Å²) in [5.41, 5.74) is 5.30. The minimum Gasteiger partial charge on any atom is -0.390 e. The summed E-state index contributed by atoms with van der Waals surface area (Å²) in [5, 5.41) is 9.23. The first-order chi connectivity index (χ1) is 5.33. The minimum absolute atomic E-state index is 0.340. The number of aliphatic hydroxyl groups is 1. The molecule has 1 aliphatic rings. The highest BCUT2D eigenvalue weighted by atomic mass is 16.3. The molecular formula is C8H17N2O. The molecule has 0 aromatic rings. The summed E-state index contributed by atoms with van der Waals surface area (Å²) >= 11 is 0. The van der Waals surface area contributed by atoms with Crippen LogP contribution in [0.25, 0.3) is 0 Å². The third-order valence-corrected chi connectivity index (χ3v) is 2.04. The van der Waals surface area contributed by atoms with Crippen LogP contribution in [0.4, 0.5) is 0 Å². The van der Waals surface area contributed by atoms with Crippen molar-refractivity contribution in [2.75, 3.05) is 26.2 Å². The zero-order valence-electron chi connectivity index (χ0n) is 6.87. The summed E-state index contributed by atoms with van der Waals surface area (Å²) in [7, 11) is 0. The van der Waals surface area contributed by atoms with E-state index in [2.05, 4.69) is 11.3 Å². The standard InChI is InChI=1S/C8H17N2O/c9-6-8(11)7-10-4-2-1-3-5-10/h1,8,11H,2-7,9H2. The Morgan fingerprint density at radius 3 is 2.64 bits per heavy atom. The molecule has 0 bridgehead atoms. The third-order valence-electron chi connectivity index (χ3n) is 2.04. The van der Waals surface area contributed by atoms with E-state index >= 15 is 0 Å². The maximum Gasteiger partial charge on any atom is 0.0789 e. The smallest absolute Gasteiger partial charge is 0.0789 e. The molecular weight excluding hydrogens is 140 g/mol. The number of likely N-dealkylation sites (tertiary alicyclic amines) is 1. The highest BCUT2D eigenvalue weighted by Crippen LogP contribution is 2.07. The number of aliphatic hydroxyl groups excluding tert-OH is 1.